The van der Waals surface area contributed by atoms with Gasteiger partial charge in [-0.05, 0) is 26.0 Å². The third-order valence-corrected chi connectivity index (χ3v) is 3.62. The van der Waals surface area contributed by atoms with Crippen LogP contribution in [0.5, 0.6) is 0 Å². The van der Waals surface area contributed by atoms with Crippen molar-refractivity contribution in [2.75, 3.05) is 11.6 Å². The van der Waals surface area contributed by atoms with Gasteiger partial charge in [0.25, 0.3) is 0 Å². The quantitative estimate of drug-likeness (QED) is 0.835. The third-order valence-electron chi connectivity index (χ3n) is 2.66. The lowest BCUT2D eigenvalue weighted by Crippen LogP contribution is -2.13. The van der Waals surface area contributed by atoms with Crippen LogP contribution in [-0.4, -0.2) is 27.1 Å². The molecule has 0 spiro atoms. The first-order valence-corrected chi connectivity index (χ1v) is 6.81. The van der Waals surface area contributed by atoms with E-state index in [4.69, 9.17) is 0 Å². The van der Waals surface area contributed by atoms with Crippen LogP contribution in [0.15, 0.2) is 6.20 Å². The fourth-order valence-corrected chi connectivity index (χ4v) is 1.87. The topological polar surface area (TPSA) is 29.9 Å². The highest BCUT2D eigenvalue weighted by Gasteiger charge is 2.23. The van der Waals surface area contributed by atoms with Gasteiger partial charge in [0.2, 0.25) is 5.95 Å². The summed E-state index contributed by atoms with van der Waals surface area (Å²) in [5, 5.41) is 4.11. The molecule has 0 aromatic carbocycles. The Balaban J connectivity index is 2.05. The minimum Gasteiger partial charge on any atom is -0.353 e. The van der Waals surface area contributed by atoms with E-state index in [1.807, 2.05) is 11.8 Å². The summed E-state index contributed by atoms with van der Waals surface area (Å²) >= 11 is 1.90. The van der Waals surface area contributed by atoms with E-state index >= 15 is 0 Å². The first-order chi connectivity index (χ1) is 7.19. The number of rotatable bonds is 5. The molecule has 1 aromatic rings. The van der Waals surface area contributed by atoms with Crippen molar-refractivity contribution in [2.24, 2.45) is 0 Å². The summed E-state index contributed by atoms with van der Waals surface area (Å²) in [6, 6.07) is 0.676. The predicted molar refractivity (Wildman–Crippen MR) is 66.6 cm³/mol. The maximum absolute atomic E-state index is 4.52. The third kappa shape index (κ3) is 2.91. The number of anilines is 1. The van der Waals surface area contributed by atoms with Crippen LogP contribution in [0, 0.1) is 6.92 Å². The highest BCUT2D eigenvalue weighted by molar-refractivity contribution is 7.99. The number of nitrogens with one attached hydrogen (secondary N) is 1. The second-order valence-electron chi connectivity index (χ2n) is 4.32. The number of hydrogen-bond acceptors (Lipinski definition) is 3. The van der Waals surface area contributed by atoms with E-state index in [-0.39, 0.29) is 0 Å². The van der Waals surface area contributed by atoms with Gasteiger partial charge in [0.1, 0.15) is 0 Å². The first kappa shape index (κ1) is 10.9. The number of aryl methyl sites for hydroxylation is 1. The molecule has 2 rings (SSSR count). The Morgan fingerprint density at radius 1 is 1.67 bits per heavy atom. The SMILES string of the molecule is CSC(C)Cn1cc(C)nc1NC1CC1. The molecule has 1 aromatic heterocycles. The highest BCUT2D eigenvalue weighted by Crippen LogP contribution is 2.24. The Morgan fingerprint density at radius 2 is 2.40 bits per heavy atom. The maximum Gasteiger partial charge on any atom is 0.203 e. The number of nitrogens with zero attached hydrogens (tertiary/aromatic N) is 2. The van der Waals surface area contributed by atoms with Crippen molar-refractivity contribution >= 4 is 17.7 Å². The monoisotopic (exact) mass is 225 g/mol. The minimum atomic E-state index is 0.637. The molecule has 0 amide bonds. The molecule has 1 fully saturated rings. The van der Waals surface area contributed by atoms with E-state index in [1.165, 1.54) is 12.8 Å². The van der Waals surface area contributed by atoms with Crippen LogP contribution in [0.3, 0.4) is 0 Å². The molecule has 0 saturated heterocycles. The Hall–Kier alpha value is -0.640. The predicted octanol–water partition coefficient (Wildman–Crippen LogP) is 2.52. The molecule has 0 bridgehead atoms. The number of imidazole rings is 1. The smallest absolute Gasteiger partial charge is 0.203 e. The molecule has 15 heavy (non-hydrogen) atoms. The van der Waals surface area contributed by atoms with Crippen LogP contribution >= 0.6 is 11.8 Å². The Kier molecular flexibility index (Phi) is 3.24. The minimum absolute atomic E-state index is 0.637. The highest BCUT2D eigenvalue weighted by atomic mass is 32.2. The summed E-state index contributed by atoms with van der Waals surface area (Å²) in [6.45, 7) is 5.34. The van der Waals surface area contributed by atoms with E-state index in [1.54, 1.807) is 0 Å². The second-order valence-corrected chi connectivity index (χ2v) is 5.60. The molecule has 1 unspecified atom stereocenters. The molecule has 0 radical (unpaired) electrons. The fraction of sp³-hybridized carbons (Fsp3) is 0.727. The van der Waals surface area contributed by atoms with Crippen LogP contribution < -0.4 is 5.32 Å². The van der Waals surface area contributed by atoms with E-state index in [0.29, 0.717) is 11.3 Å². The maximum atomic E-state index is 4.52. The van der Waals surface area contributed by atoms with Gasteiger partial charge in [0.15, 0.2) is 0 Å². The van der Waals surface area contributed by atoms with E-state index in [9.17, 15) is 0 Å². The van der Waals surface area contributed by atoms with Crippen molar-refractivity contribution < 1.29 is 0 Å². The average Bonchev–Trinajstić information content (AvgIpc) is 2.93. The van der Waals surface area contributed by atoms with Crippen LogP contribution in [0.1, 0.15) is 25.5 Å². The normalized spacial score (nSPS) is 17.8. The van der Waals surface area contributed by atoms with Crippen molar-refractivity contribution in [3.8, 4) is 0 Å². The molecule has 1 saturated carbocycles. The van der Waals surface area contributed by atoms with Crippen LogP contribution in [-0.2, 0) is 6.54 Å². The van der Waals surface area contributed by atoms with E-state index in [0.717, 1.165) is 18.2 Å². The zero-order valence-corrected chi connectivity index (χ0v) is 10.5. The number of hydrogen-bond donors (Lipinski definition) is 1. The van der Waals surface area contributed by atoms with Crippen molar-refractivity contribution in [2.45, 2.75) is 44.5 Å². The molecule has 1 atom stereocenters. The molecule has 1 aliphatic rings. The summed E-state index contributed by atoms with van der Waals surface area (Å²) in [6.07, 6.45) is 6.88. The van der Waals surface area contributed by atoms with Crippen LogP contribution in [0.25, 0.3) is 0 Å². The van der Waals surface area contributed by atoms with Crippen molar-refractivity contribution in [3.05, 3.63) is 11.9 Å². The molecule has 3 nitrogen and oxygen atoms in total. The summed E-state index contributed by atoms with van der Waals surface area (Å²) in [5.41, 5.74) is 1.10. The molecule has 1 heterocycles. The molecule has 0 aliphatic heterocycles. The standard InChI is InChI=1S/C11H19N3S/c1-8-6-14(7-9(2)15-3)11(12-8)13-10-4-5-10/h6,9-10H,4-5,7H2,1-3H3,(H,12,13). The van der Waals surface area contributed by atoms with Gasteiger partial charge in [0.05, 0.1) is 5.69 Å². The first-order valence-electron chi connectivity index (χ1n) is 5.52. The Morgan fingerprint density at radius 3 is 3.00 bits per heavy atom. The van der Waals surface area contributed by atoms with Gasteiger partial charge < -0.3 is 9.88 Å². The lowest BCUT2D eigenvalue weighted by molar-refractivity contribution is 0.695. The largest absolute Gasteiger partial charge is 0.353 e. The lowest BCUT2D eigenvalue weighted by Gasteiger charge is -2.12. The second kappa shape index (κ2) is 4.47. The molecular weight excluding hydrogens is 206 g/mol. The molecule has 4 heteroatoms. The van der Waals surface area contributed by atoms with Gasteiger partial charge in [0, 0.05) is 24.0 Å². The Bertz CT molecular complexity index is 331. The molecule has 84 valence electrons. The van der Waals surface area contributed by atoms with Gasteiger partial charge in [-0.2, -0.15) is 11.8 Å². The summed E-state index contributed by atoms with van der Waals surface area (Å²) in [7, 11) is 0. The number of aromatic nitrogens is 2. The van der Waals surface area contributed by atoms with Crippen molar-refractivity contribution in [3.63, 3.8) is 0 Å². The number of thioether (sulfide) groups is 1. The molecule has 1 aliphatic carbocycles. The van der Waals surface area contributed by atoms with Gasteiger partial charge in [-0.3, -0.25) is 0 Å². The zero-order valence-electron chi connectivity index (χ0n) is 9.66. The summed E-state index contributed by atoms with van der Waals surface area (Å²) in [4.78, 5) is 4.52. The van der Waals surface area contributed by atoms with Crippen LogP contribution in [0.4, 0.5) is 5.95 Å². The summed E-state index contributed by atoms with van der Waals surface area (Å²) < 4.78 is 2.24. The summed E-state index contributed by atoms with van der Waals surface area (Å²) in [5.74, 6) is 1.05. The average molecular weight is 225 g/mol. The van der Waals surface area contributed by atoms with E-state index in [2.05, 4.69) is 41.2 Å². The Labute approximate surface area is 95.7 Å². The van der Waals surface area contributed by atoms with Gasteiger partial charge in [-0.15, -0.1) is 0 Å². The van der Waals surface area contributed by atoms with Crippen molar-refractivity contribution in [1.82, 2.24) is 9.55 Å². The van der Waals surface area contributed by atoms with Gasteiger partial charge in [-0.1, -0.05) is 6.92 Å². The fourth-order valence-electron chi connectivity index (χ4n) is 1.56. The van der Waals surface area contributed by atoms with Crippen molar-refractivity contribution in [1.29, 1.82) is 0 Å². The zero-order chi connectivity index (χ0) is 10.8. The molecule has 1 N–H and O–H groups in total. The van der Waals surface area contributed by atoms with Crippen LogP contribution in [0.2, 0.25) is 0 Å². The lowest BCUT2D eigenvalue weighted by atomic mass is 10.4. The molecular formula is C11H19N3S. The van der Waals surface area contributed by atoms with Gasteiger partial charge in [-0.25, -0.2) is 4.98 Å². The van der Waals surface area contributed by atoms with Gasteiger partial charge >= 0.3 is 0 Å². The van der Waals surface area contributed by atoms with E-state index < -0.39 is 0 Å².